The van der Waals surface area contributed by atoms with Crippen LogP contribution in [-0.2, 0) is 26.0 Å². The molecule has 0 aliphatic carbocycles. The predicted molar refractivity (Wildman–Crippen MR) is 78.6 cm³/mol. The molecule has 0 spiro atoms. The number of ether oxygens (including phenoxy) is 2. The summed E-state index contributed by atoms with van der Waals surface area (Å²) in [6.45, 7) is 4.55. The van der Waals surface area contributed by atoms with E-state index < -0.39 is 10.0 Å². The Balaban J connectivity index is 3.21. The zero-order valence-corrected chi connectivity index (χ0v) is 13.8. The fourth-order valence-electron chi connectivity index (χ4n) is 2.15. The molecule has 0 unspecified atom stereocenters. The van der Waals surface area contributed by atoms with Crippen LogP contribution < -0.4 is 5.73 Å². The Morgan fingerprint density at radius 2 is 1.62 bits per heavy atom. The SMILES string of the molecule is COCCN(CCOC)S(=O)(=O)c1c(C)oc(C)c1CN. The molecule has 0 saturated heterocycles. The molecule has 21 heavy (non-hydrogen) atoms. The monoisotopic (exact) mass is 320 g/mol. The van der Waals surface area contributed by atoms with E-state index in [0.717, 1.165) is 0 Å². The third kappa shape index (κ3) is 4.04. The van der Waals surface area contributed by atoms with Crippen LogP contribution in [0.2, 0.25) is 0 Å². The minimum Gasteiger partial charge on any atom is -0.465 e. The molecule has 1 rings (SSSR count). The second-order valence-corrected chi connectivity index (χ2v) is 6.49. The second-order valence-electron chi connectivity index (χ2n) is 4.62. The van der Waals surface area contributed by atoms with Gasteiger partial charge in [0, 0.05) is 39.4 Å². The van der Waals surface area contributed by atoms with Crippen molar-refractivity contribution in [2.75, 3.05) is 40.5 Å². The molecular weight excluding hydrogens is 296 g/mol. The Morgan fingerprint density at radius 1 is 1.10 bits per heavy atom. The normalized spacial score (nSPS) is 12.3. The van der Waals surface area contributed by atoms with Crippen molar-refractivity contribution in [3.05, 3.63) is 17.1 Å². The number of hydrogen-bond acceptors (Lipinski definition) is 6. The molecular formula is C13H24N2O5S. The van der Waals surface area contributed by atoms with Crippen LogP contribution in [-0.4, -0.2) is 53.2 Å². The van der Waals surface area contributed by atoms with Crippen LogP contribution in [0.25, 0.3) is 0 Å². The van der Waals surface area contributed by atoms with Gasteiger partial charge in [-0.2, -0.15) is 4.31 Å². The van der Waals surface area contributed by atoms with E-state index in [-0.39, 0.29) is 24.5 Å². The van der Waals surface area contributed by atoms with Crippen molar-refractivity contribution < 1.29 is 22.3 Å². The Kier molecular flexibility index (Phi) is 6.82. The fourth-order valence-corrected chi connectivity index (χ4v) is 3.98. The number of methoxy groups -OCH3 is 2. The largest absolute Gasteiger partial charge is 0.465 e. The lowest BCUT2D eigenvalue weighted by molar-refractivity contribution is 0.150. The van der Waals surface area contributed by atoms with Crippen LogP contribution in [0.5, 0.6) is 0 Å². The molecule has 0 radical (unpaired) electrons. The maximum absolute atomic E-state index is 12.9. The van der Waals surface area contributed by atoms with E-state index in [9.17, 15) is 8.42 Å². The Morgan fingerprint density at radius 3 is 2.05 bits per heavy atom. The van der Waals surface area contributed by atoms with Crippen LogP contribution in [0.15, 0.2) is 9.31 Å². The van der Waals surface area contributed by atoms with Crippen LogP contribution >= 0.6 is 0 Å². The first-order valence-corrected chi connectivity index (χ1v) is 8.11. The zero-order chi connectivity index (χ0) is 16.0. The standard InChI is InChI=1S/C13H24N2O5S/c1-10-12(9-14)13(11(2)20-10)21(16,17)15(5-7-18-3)6-8-19-4/h5-9,14H2,1-4H3. The third-order valence-corrected chi connectivity index (χ3v) is 5.31. The molecule has 0 aromatic carbocycles. The van der Waals surface area contributed by atoms with Crippen molar-refractivity contribution in [3.63, 3.8) is 0 Å². The minimum absolute atomic E-state index is 0.111. The molecule has 1 aromatic heterocycles. The van der Waals surface area contributed by atoms with Gasteiger partial charge in [-0.05, 0) is 13.8 Å². The van der Waals surface area contributed by atoms with E-state index in [2.05, 4.69) is 0 Å². The highest BCUT2D eigenvalue weighted by Crippen LogP contribution is 2.28. The topological polar surface area (TPSA) is 95.0 Å². The summed E-state index contributed by atoms with van der Waals surface area (Å²) in [5, 5.41) is 0. The van der Waals surface area contributed by atoms with Crippen LogP contribution in [0.1, 0.15) is 17.1 Å². The van der Waals surface area contributed by atoms with Gasteiger partial charge in [0.2, 0.25) is 10.0 Å². The molecule has 1 heterocycles. The van der Waals surface area contributed by atoms with E-state index in [4.69, 9.17) is 19.6 Å². The first-order chi connectivity index (χ1) is 9.89. The lowest BCUT2D eigenvalue weighted by atomic mass is 10.2. The Labute approximate surface area is 126 Å². The summed E-state index contributed by atoms with van der Waals surface area (Å²) < 4.78 is 42.4. The summed E-state index contributed by atoms with van der Waals surface area (Å²) >= 11 is 0. The van der Waals surface area contributed by atoms with E-state index in [1.165, 1.54) is 18.5 Å². The molecule has 0 amide bonds. The molecule has 2 N–H and O–H groups in total. The highest BCUT2D eigenvalue weighted by atomic mass is 32.2. The Hall–Kier alpha value is -0.930. The highest BCUT2D eigenvalue weighted by molar-refractivity contribution is 7.89. The number of furan rings is 1. The van der Waals surface area contributed by atoms with Gasteiger partial charge in [0.1, 0.15) is 16.4 Å². The molecule has 122 valence electrons. The molecule has 8 heteroatoms. The quantitative estimate of drug-likeness (QED) is 0.717. The van der Waals surface area contributed by atoms with E-state index in [1.54, 1.807) is 13.8 Å². The van der Waals surface area contributed by atoms with Gasteiger partial charge in [0.15, 0.2) is 0 Å². The van der Waals surface area contributed by atoms with Crippen LogP contribution in [0, 0.1) is 13.8 Å². The number of hydrogen-bond donors (Lipinski definition) is 1. The summed E-state index contributed by atoms with van der Waals surface area (Å²) in [4.78, 5) is 0.162. The summed E-state index contributed by atoms with van der Waals surface area (Å²) in [7, 11) is -0.644. The maximum Gasteiger partial charge on any atom is 0.247 e. The summed E-state index contributed by atoms with van der Waals surface area (Å²) in [6, 6.07) is 0. The zero-order valence-electron chi connectivity index (χ0n) is 13.0. The number of aryl methyl sites for hydroxylation is 2. The number of nitrogens with two attached hydrogens (primary N) is 1. The van der Waals surface area contributed by atoms with Gasteiger partial charge in [-0.1, -0.05) is 0 Å². The molecule has 0 fully saturated rings. The summed E-state index contributed by atoms with van der Waals surface area (Å²) in [6.07, 6.45) is 0. The average Bonchev–Trinajstić information content (AvgIpc) is 2.73. The second kappa shape index (κ2) is 7.90. The lowest BCUT2D eigenvalue weighted by Crippen LogP contribution is -2.37. The van der Waals surface area contributed by atoms with Gasteiger partial charge in [0.25, 0.3) is 0 Å². The first kappa shape index (κ1) is 18.1. The number of sulfonamides is 1. The summed E-state index contributed by atoms with van der Waals surface area (Å²) in [5.41, 5.74) is 6.19. The van der Waals surface area contributed by atoms with Crippen LogP contribution in [0.4, 0.5) is 0 Å². The van der Waals surface area contributed by atoms with Gasteiger partial charge >= 0.3 is 0 Å². The average molecular weight is 320 g/mol. The predicted octanol–water partition coefficient (Wildman–Crippen LogP) is 0.639. The Bertz CT molecular complexity index is 545. The van der Waals surface area contributed by atoms with Gasteiger partial charge in [-0.15, -0.1) is 0 Å². The molecule has 0 aliphatic heterocycles. The smallest absolute Gasteiger partial charge is 0.247 e. The molecule has 7 nitrogen and oxygen atoms in total. The van der Waals surface area contributed by atoms with Crippen molar-refractivity contribution in [2.24, 2.45) is 5.73 Å². The van der Waals surface area contributed by atoms with E-state index in [0.29, 0.717) is 30.3 Å². The lowest BCUT2D eigenvalue weighted by Gasteiger charge is -2.21. The van der Waals surface area contributed by atoms with Crippen molar-refractivity contribution in [2.45, 2.75) is 25.3 Å². The highest BCUT2D eigenvalue weighted by Gasteiger charge is 2.31. The van der Waals surface area contributed by atoms with Crippen molar-refractivity contribution >= 4 is 10.0 Å². The van der Waals surface area contributed by atoms with Gasteiger partial charge in [-0.3, -0.25) is 0 Å². The van der Waals surface area contributed by atoms with Gasteiger partial charge in [-0.25, -0.2) is 8.42 Å². The maximum atomic E-state index is 12.9. The van der Waals surface area contributed by atoms with Crippen LogP contribution in [0.3, 0.4) is 0 Å². The van der Waals surface area contributed by atoms with Crippen molar-refractivity contribution in [3.8, 4) is 0 Å². The fraction of sp³-hybridized carbons (Fsp3) is 0.692. The molecule has 1 aromatic rings. The molecule has 0 bridgehead atoms. The number of nitrogens with zero attached hydrogens (tertiary/aromatic N) is 1. The van der Waals surface area contributed by atoms with Gasteiger partial charge < -0.3 is 19.6 Å². The molecule has 0 atom stereocenters. The third-order valence-electron chi connectivity index (χ3n) is 3.22. The van der Waals surface area contributed by atoms with E-state index >= 15 is 0 Å². The number of rotatable bonds is 9. The molecule has 0 aliphatic rings. The minimum atomic E-state index is -3.70. The van der Waals surface area contributed by atoms with E-state index in [1.807, 2.05) is 0 Å². The van der Waals surface area contributed by atoms with Gasteiger partial charge in [0.05, 0.1) is 13.2 Å². The van der Waals surface area contributed by atoms with Crippen molar-refractivity contribution in [1.82, 2.24) is 4.31 Å². The summed E-state index contributed by atoms with van der Waals surface area (Å²) in [5.74, 6) is 0.889. The molecule has 0 saturated carbocycles. The first-order valence-electron chi connectivity index (χ1n) is 6.67. The van der Waals surface area contributed by atoms with Crippen molar-refractivity contribution in [1.29, 1.82) is 0 Å².